The third-order valence-electron chi connectivity index (χ3n) is 4.00. The highest BCUT2D eigenvalue weighted by atomic mass is 16.5. The second-order valence-corrected chi connectivity index (χ2v) is 6.13. The Kier molecular flexibility index (Phi) is 6.61. The number of ether oxygens (including phenoxy) is 2. The fourth-order valence-electron chi connectivity index (χ4n) is 2.76. The van der Waals surface area contributed by atoms with Crippen molar-refractivity contribution in [2.45, 2.75) is 45.3 Å². The maximum atomic E-state index is 12.5. The van der Waals surface area contributed by atoms with Crippen molar-refractivity contribution in [2.75, 3.05) is 25.6 Å². The van der Waals surface area contributed by atoms with E-state index in [4.69, 9.17) is 9.47 Å². The summed E-state index contributed by atoms with van der Waals surface area (Å²) in [6.07, 6.45) is 1.95. The molecule has 1 aliphatic rings. The summed E-state index contributed by atoms with van der Waals surface area (Å²) in [4.78, 5) is 26.5. The van der Waals surface area contributed by atoms with Gasteiger partial charge in [0.25, 0.3) is 0 Å². The van der Waals surface area contributed by atoms with Crippen LogP contribution in [0.2, 0.25) is 0 Å². The number of anilines is 1. The van der Waals surface area contributed by atoms with Crippen molar-refractivity contribution in [1.29, 1.82) is 0 Å². The summed E-state index contributed by atoms with van der Waals surface area (Å²) in [6, 6.07) is 6.74. The third kappa shape index (κ3) is 4.96. The Morgan fingerprint density at radius 1 is 1.29 bits per heavy atom. The molecule has 6 heteroatoms. The molecule has 1 unspecified atom stereocenters. The number of amides is 2. The molecule has 2 rings (SSSR count). The van der Waals surface area contributed by atoms with Crippen LogP contribution in [0.5, 0.6) is 5.75 Å². The average Bonchev–Trinajstić information content (AvgIpc) is 3.05. The summed E-state index contributed by atoms with van der Waals surface area (Å²) in [5, 5.41) is 2.87. The van der Waals surface area contributed by atoms with Crippen molar-refractivity contribution in [3.8, 4) is 5.75 Å². The molecule has 24 heavy (non-hydrogen) atoms. The normalized spacial score (nSPS) is 17.2. The van der Waals surface area contributed by atoms with Gasteiger partial charge in [-0.3, -0.25) is 9.59 Å². The van der Waals surface area contributed by atoms with E-state index in [0.717, 1.165) is 12.2 Å². The fraction of sp³-hybridized carbons (Fsp3) is 0.556. The van der Waals surface area contributed by atoms with Gasteiger partial charge in [0.1, 0.15) is 11.8 Å². The van der Waals surface area contributed by atoms with Gasteiger partial charge in [0.2, 0.25) is 11.8 Å². The number of benzene rings is 1. The standard InChI is InChI=1S/C18H26N2O4/c1-13(2)24-12-10-17(21)20-11-4-5-16(20)18(22)19-14-6-8-15(23-3)9-7-14/h6-9,13,16H,4-5,10-12H2,1-3H3,(H,19,22). The SMILES string of the molecule is COc1ccc(NC(=O)C2CCCN2C(=O)CCOC(C)C)cc1. The van der Waals surface area contributed by atoms with E-state index >= 15 is 0 Å². The monoisotopic (exact) mass is 334 g/mol. The second-order valence-electron chi connectivity index (χ2n) is 6.13. The summed E-state index contributed by atoms with van der Waals surface area (Å²) in [6.45, 7) is 4.89. The molecule has 1 N–H and O–H groups in total. The lowest BCUT2D eigenvalue weighted by Gasteiger charge is -2.24. The molecule has 0 saturated carbocycles. The van der Waals surface area contributed by atoms with Gasteiger partial charge in [-0.05, 0) is 51.0 Å². The molecule has 132 valence electrons. The van der Waals surface area contributed by atoms with Gasteiger partial charge in [0.05, 0.1) is 26.2 Å². The van der Waals surface area contributed by atoms with Gasteiger partial charge in [0.15, 0.2) is 0 Å². The van der Waals surface area contributed by atoms with Crippen molar-refractivity contribution in [2.24, 2.45) is 0 Å². The fourth-order valence-corrected chi connectivity index (χ4v) is 2.76. The molecule has 1 saturated heterocycles. The molecule has 2 amide bonds. The zero-order valence-corrected chi connectivity index (χ0v) is 14.6. The zero-order valence-electron chi connectivity index (χ0n) is 14.6. The number of hydrogen-bond donors (Lipinski definition) is 1. The first-order chi connectivity index (χ1) is 11.5. The molecule has 0 spiro atoms. The highest BCUT2D eigenvalue weighted by molar-refractivity contribution is 5.97. The van der Waals surface area contributed by atoms with Crippen molar-refractivity contribution in [3.63, 3.8) is 0 Å². The van der Waals surface area contributed by atoms with E-state index in [1.807, 2.05) is 13.8 Å². The summed E-state index contributed by atoms with van der Waals surface area (Å²) >= 11 is 0. The minimum absolute atomic E-state index is 0.0250. The van der Waals surface area contributed by atoms with Crippen molar-refractivity contribution < 1.29 is 19.1 Å². The van der Waals surface area contributed by atoms with Crippen LogP contribution in [0.1, 0.15) is 33.1 Å². The number of carbonyl (C=O) groups excluding carboxylic acids is 2. The summed E-state index contributed by atoms with van der Waals surface area (Å²) in [7, 11) is 1.60. The molecule has 1 heterocycles. The van der Waals surface area contributed by atoms with Gasteiger partial charge in [0, 0.05) is 12.2 Å². The zero-order chi connectivity index (χ0) is 17.5. The highest BCUT2D eigenvalue weighted by Crippen LogP contribution is 2.21. The molecular weight excluding hydrogens is 308 g/mol. The van der Waals surface area contributed by atoms with Gasteiger partial charge < -0.3 is 19.7 Å². The minimum atomic E-state index is -0.404. The molecule has 1 aliphatic heterocycles. The summed E-state index contributed by atoms with van der Waals surface area (Å²) in [5.41, 5.74) is 0.697. The van der Waals surface area contributed by atoms with Crippen LogP contribution in [0.25, 0.3) is 0 Å². The van der Waals surface area contributed by atoms with E-state index in [1.165, 1.54) is 0 Å². The Balaban J connectivity index is 1.90. The molecule has 0 aliphatic carbocycles. The molecule has 0 aromatic heterocycles. The lowest BCUT2D eigenvalue weighted by atomic mass is 10.2. The highest BCUT2D eigenvalue weighted by Gasteiger charge is 2.33. The largest absolute Gasteiger partial charge is 0.497 e. The molecule has 1 aromatic rings. The van der Waals surface area contributed by atoms with Crippen molar-refractivity contribution in [3.05, 3.63) is 24.3 Å². The first-order valence-corrected chi connectivity index (χ1v) is 8.37. The first-order valence-electron chi connectivity index (χ1n) is 8.37. The van der Waals surface area contributed by atoms with Crippen molar-refractivity contribution >= 4 is 17.5 Å². The van der Waals surface area contributed by atoms with Crippen LogP contribution >= 0.6 is 0 Å². The number of nitrogens with one attached hydrogen (secondary N) is 1. The van der Waals surface area contributed by atoms with Crippen LogP contribution in [-0.4, -0.2) is 49.1 Å². The van der Waals surface area contributed by atoms with Crippen LogP contribution < -0.4 is 10.1 Å². The summed E-state index contributed by atoms with van der Waals surface area (Å²) in [5.74, 6) is 0.564. The Bertz CT molecular complexity index is 557. The van der Waals surface area contributed by atoms with E-state index < -0.39 is 6.04 Å². The minimum Gasteiger partial charge on any atom is -0.497 e. The number of methoxy groups -OCH3 is 1. The van der Waals surface area contributed by atoms with Crippen LogP contribution in [0.4, 0.5) is 5.69 Å². The van der Waals surface area contributed by atoms with Crippen LogP contribution in [0.15, 0.2) is 24.3 Å². The predicted molar refractivity (Wildman–Crippen MR) is 92.1 cm³/mol. The van der Waals surface area contributed by atoms with Gasteiger partial charge in [-0.25, -0.2) is 0 Å². The van der Waals surface area contributed by atoms with E-state index in [-0.39, 0.29) is 17.9 Å². The predicted octanol–water partition coefficient (Wildman–Crippen LogP) is 2.44. The molecule has 6 nitrogen and oxygen atoms in total. The maximum absolute atomic E-state index is 12.5. The van der Waals surface area contributed by atoms with Crippen molar-refractivity contribution in [1.82, 2.24) is 4.90 Å². The van der Waals surface area contributed by atoms with E-state index in [2.05, 4.69) is 5.32 Å². The lowest BCUT2D eigenvalue weighted by Crippen LogP contribution is -2.43. The van der Waals surface area contributed by atoms with Gasteiger partial charge in [-0.15, -0.1) is 0 Å². The topological polar surface area (TPSA) is 67.9 Å². The van der Waals surface area contributed by atoms with Crippen LogP contribution in [0.3, 0.4) is 0 Å². The third-order valence-corrected chi connectivity index (χ3v) is 4.00. The Morgan fingerprint density at radius 2 is 2.00 bits per heavy atom. The molecule has 1 fully saturated rings. The Hall–Kier alpha value is -2.08. The van der Waals surface area contributed by atoms with Gasteiger partial charge in [-0.2, -0.15) is 0 Å². The molecule has 1 atom stereocenters. The van der Waals surface area contributed by atoms with E-state index in [0.29, 0.717) is 31.7 Å². The number of carbonyl (C=O) groups is 2. The van der Waals surface area contributed by atoms with E-state index in [9.17, 15) is 9.59 Å². The van der Waals surface area contributed by atoms with Crippen LogP contribution in [-0.2, 0) is 14.3 Å². The Morgan fingerprint density at radius 3 is 2.62 bits per heavy atom. The quantitative estimate of drug-likeness (QED) is 0.831. The second kappa shape index (κ2) is 8.68. The van der Waals surface area contributed by atoms with Gasteiger partial charge >= 0.3 is 0 Å². The number of hydrogen-bond acceptors (Lipinski definition) is 4. The number of likely N-dealkylation sites (tertiary alicyclic amines) is 1. The Labute approximate surface area is 143 Å². The van der Waals surface area contributed by atoms with E-state index in [1.54, 1.807) is 36.3 Å². The maximum Gasteiger partial charge on any atom is 0.247 e. The number of rotatable bonds is 7. The molecule has 1 aromatic carbocycles. The van der Waals surface area contributed by atoms with Crippen LogP contribution in [0, 0.1) is 0 Å². The smallest absolute Gasteiger partial charge is 0.247 e. The van der Waals surface area contributed by atoms with Gasteiger partial charge in [-0.1, -0.05) is 0 Å². The molecular formula is C18H26N2O4. The number of nitrogens with zero attached hydrogens (tertiary/aromatic N) is 1. The first kappa shape index (κ1) is 18.3. The summed E-state index contributed by atoms with van der Waals surface area (Å²) < 4.78 is 10.5. The lowest BCUT2D eigenvalue weighted by molar-refractivity contribution is -0.137. The molecule has 0 radical (unpaired) electrons. The molecule has 0 bridgehead atoms. The average molecular weight is 334 g/mol.